The van der Waals surface area contributed by atoms with Gasteiger partial charge >= 0.3 is 12.3 Å². The fourth-order valence-corrected chi connectivity index (χ4v) is 3.56. The molecule has 0 aliphatic rings. The minimum absolute atomic E-state index is 0.0566. The van der Waals surface area contributed by atoms with Crippen molar-refractivity contribution in [2.45, 2.75) is 26.3 Å². The molecule has 0 atom stereocenters. The molecule has 0 aliphatic heterocycles. The molecule has 0 fully saturated rings. The van der Waals surface area contributed by atoms with Crippen LogP contribution in [0.25, 0.3) is 10.9 Å². The molecule has 2 heterocycles. The van der Waals surface area contributed by atoms with Crippen LogP contribution in [-0.2, 0) is 16.1 Å². The van der Waals surface area contributed by atoms with Crippen LogP contribution in [0.3, 0.4) is 0 Å². The van der Waals surface area contributed by atoms with Crippen molar-refractivity contribution in [1.82, 2.24) is 19.7 Å². The second kappa shape index (κ2) is 10.9. The number of alkyl halides is 3. The topological polar surface area (TPSA) is 103 Å². The summed E-state index contributed by atoms with van der Waals surface area (Å²) in [4.78, 5) is 19.6. The number of nitrogens with one attached hydrogen (secondary N) is 2. The number of anilines is 4. The van der Waals surface area contributed by atoms with Gasteiger partial charge in [-0.15, -0.1) is 13.2 Å². The van der Waals surface area contributed by atoms with E-state index in [1.165, 1.54) is 6.07 Å². The fourth-order valence-electron chi connectivity index (χ4n) is 3.34. The van der Waals surface area contributed by atoms with E-state index in [2.05, 4.69) is 30.4 Å². The molecule has 4 aromatic rings. The molecular formula is C23H19ClF4N6O3. The molecule has 9 nitrogen and oxygen atoms in total. The summed E-state index contributed by atoms with van der Waals surface area (Å²) in [5.74, 6) is -1.87. The minimum Gasteiger partial charge on any atom is -0.466 e. The Bertz CT molecular complexity index is 1430. The van der Waals surface area contributed by atoms with Crippen LogP contribution in [0, 0.1) is 5.82 Å². The maximum absolute atomic E-state index is 14.3. The Morgan fingerprint density at radius 2 is 1.86 bits per heavy atom. The number of carbonyl (C=O) groups excluding carboxylic acids is 1. The lowest BCUT2D eigenvalue weighted by atomic mass is 10.2. The van der Waals surface area contributed by atoms with Gasteiger partial charge in [0.2, 0.25) is 5.95 Å². The number of rotatable bonds is 9. The third-order valence-corrected chi connectivity index (χ3v) is 5.19. The second-order valence-corrected chi connectivity index (χ2v) is 7.94. The van der Waals surface area contributed by atoms with Gasteiger partial charge in [-0.3, -0.25) is 9.48 Å². The Labute approximate surface area is 212 Å². The highest BCUT2D eigenvalue weighted by molar-refractivity contribution is 6.32. The van der Waals surface area contributed by atoms with Crippen molar-refractivity contribution in [2.24, 2.45) is 0 Å². The molecule has 0 saturated carbocycles. The van der Waals surface area contributed by atoms with Crippen LogP contribution >= 0.6 is 11.6 Å². The average Bonchev–Trinajstić information content (AvgIpc) is 3.23. The van der Waals surface area contributed by atoms with Crippen LogP contribution in [0.15, 0.2) is 48.8 Å². The zero-order valence-corrected chi connectivity index (χ0v) is 19.9. The third-order valence-electron chi connectivity index (χ3n) is 4.90. The number of aryl methyl sites for hydroxylation is 1. The lowest BCUT2D eigenvalue weighted by Crippen LogP contribution is -2.17. The Morgan fingerprint density at radius 1 is 1.11 bits per heavy atom. The Morgan fingerprint density at radius 3 is 2.59 bits per heavy atom. The van der Waals surface area contributed by atoms with E-state index in [1.807, 2.05) is 0 Å². The van der Waals surface area contributed by atoms with Gasteiger partial charge in [0.05, 0.1) is 42.5 Å². The summed E-state index contributed by atoms with van der Waals surface area (Å²) in [6.07, 6.45) is -2.14. The van der Waals surface area contributed by atoms with Crippen molar-refractivity contribution in [1.29, 1.82) is 0 Å². The van der Waals surface area contributed by atoms with Crippen LogP contribution < -0.4 is 15.4 Å². The van der Waals surface area contributed by atoms with E-state index in [1.54, 1.807) is 36.0 Å². The Balaban J connectivity index is 1.47. The van der Waals surface area contributed by atoms with Gasteiger partial charge in [-0.25, -0.2) is 9.37 Å². The standard InChI is InChI=1S/C23H19ClF4N6O3/c1-2-36-20(35)7-8-34-18-5-3-14(9-13(18)11-30-34)32-22-29-12-17(25)21(33-22)31-15-4-6-19(16(24)10-15)37-23(26,27)28/h3-6,9-12H,2,7-8H2,1H3,(H2,29,31,32,33). The predicted octanol–water partition coefficient (Wildman–Crippen LogP) is 5.96. The number of benzene rings is 2. The summed E-state index contributed by atoms with van der Waals surface area (Å²) in [7, 11) is 0. The molecule has 37 heavy (non-hydrogen) atoms. The summed E-state index contributed by atoms with van der Waals surface area (Å²) < 4.78 is 62.0. The quantitative estimate of drug-likeness (QED) is 0.199. The molecule has 0 bridgehead atoms. The molecule has 0 spiro atoms. The minimum atomic E-state index is -4.90. The number of aromatic nitrogens is 4. The Kier molecular flexibility index (Phi) is 7.62. The summed E-state index contributed by atoms with van der Waals surface area (Å²) in [5.41, 5.74) is 1.57. The van der Waals surface area contributed by atoms with Gasteiger partial charge in [0.15, 0.2) is 11.6 Å². The van der Waals surface area contributed by atoms with Crippen molar-refractivity contribution in [2.75, 3.05) is 17.2 Å². The molecule has 4 rings (SSSR count). The van der Waals surface area contributed by atoms with E-state index < -0.39 is 17.9 Å². The van der Waals surface area contributed by atoms with Crippen LogP contribution in [0.4, 0.5) is 40.7 Å². The fraction of sp³-hybridized carbons (Fsp3) is 0.217. The monoisotopic (exact) mass is 538 g/mol. The number of hydrogen-bond donors (Lipinski definition) is 2. The molecule has 0 aliphatic carbocycles. The maximum atomic E-state index is 14.3. The van der Waals surface area contributed by atoms with Gasteiger partial charge in [0.1, 0.15) is 5.75 Å². The first-order chi connectivity index (χ1) is 17.6. The first-order valence-electron chi connectivity index (χ1n) is 10.8. The molecule has 0 radical (unpaired) electrons. The van der Waals surface area contributed by atoms with Crippen LogP contribution in [-0.4, -0.2) is 38.7 Å². The lowest BCUT2D eigenvalue weighted by molar-refractivity contribution is -0.274. The molecule has 194 valence electrons. The van der Waals surface area contributed by atoms with E-state index in [0.717, 1.165) is 29.2 Å². The highest BCUT2D eigenvalue weighted by Crippen LogP contribution is 2.33. The normalized spacial score (nSPS) is 11.4. The molecule has 0 saturated heterocycles. The zero-order chi connectivity index (χ0) is 26.6. The maximum Gasteiger partial charge on any atom is 0.573 e. The molecule has 0 unspecified atom stereocenters. The number of esters is 1. The van der Waals surface area contributed by atoms with Crippen LogP contribution in [0.5, 0.6) is 5.75 Å². The third kappa shape index (κ3) is 6.76. The Hall–Kier alpha value is -4.13. The highest BCUT2D eigenvalue weighted by atomic mass is 35.5. The highest BCUT2D eigenvalue weighted by Gasteiger charge is 2.32. The molecule has 2 aromatic carbocycles. The summed E-state index contributed by atoms with van der Waals surface area (Å²) in [5, 5.41) is 10.4. The van der Waals surface area contributed by atoms with Crippen LogP contribution in [0.1, 0.15) is 13.3 Å². The van der Waals surface area contributed by atoms with E-state index in [-0.39, 0.29) is 34.9 Å². The number of carbonyl (C=O) groups is 1. The number of halogens is 5. The summed E-state index contributed by atoms with van der Waals surface area (Å²) in [6, 6.07) is 8.69. The first-order valence-corrected chi connectivity index (χ1v) is 11.2. The SMILES string of the molecule is CCOC(=O)CCn1ncc2cc(Nc3ncc(F)c(Nc4ccc(OC(F)(F)F)c(Cl)c4)n3)ccc21. The van der Waals surface area contributed by atoms with Crippen molar-refractivity contribution >= 4 is 51.6 Å². The first kappa shape index (κ1) is 25.9. The summed E-state index contributed by atoms with van der Waals surface area (Å²) >= 11 is 5.85. The van der Waals surface area contributed by atoms with Crippen molar-refractivity contribution in [3.63, 3.8) is 0 Å². The summed E-state index contributed by atoms with van der Waals surface area (Å²) in [6.45, 7) is 2.41. The van der Waals surface area contributed by atoms with E-state index in [4.69, 9.17) is 16.3 Å². The average molecular weight is 539 g/mol. The molecular weight excluding hydrogens is 520 g/mol. The number of nitrogens with zero attached hydrogens (tertiary/aromatic N) is 4. The number of ether oxygens (including phenoxy) is 2. The van der Waals surface area contributed by atoms with Gasteiger partial charge in [-0.1, -0.05) is 11.6 Å². The van der Waals surface area contributed by atoms with E-state index in [0.29, 0.717) is 18.8 Å². The molecule has 2 aromatic heterocycles. The van der Waals surface area contributed by atoms with E-state index in [9.17, 15) is 22.4 Å². The smallest absolute Gasteiger partial charge is 0.466 e. The molecule has 0 amide bonds. The van der Waals surface area contributed by atoms with Gasteiger partial charge in [-0.05, 0) is 43.3 Å². The number of hydrogen-bond acceptors (Lipinski definition) is 8. The largest absolute Gasteiger partial charge is 0.573 e. The van der Waals surface area contributed by atoms with Gasteiger partial charge in [0.25, 0.3) is 0 Å². The molecule has 2 N–H and O–H groups in total. The van der Waals surface area contributed by atoms with Crippen molar-refractivity contribution in [3.05, 3.63) is 59.6 Å². The van der Waals surface area contributed by atoms with Gasteiger partial charge in [0, 0.05) is 16.8 Å². The van der Waals surface area contributed by atoms with Crippen molar-refractivity contribution < 1.29 is 31.8 Å². The van der Waals surface area contributed by atoms with Crippen LogP contribution in [0.2, 0.25) is 5.02 Å². The second-order valence-electron chi connectivity index (χ2n) is 7.53. The molecule has 14 heteroatoms. The predicted molar refractivity (Wildman–Crippen MR) is 128 cm³/mol. The van der Waals surface area contributed by atoms with Gasteiger partial charge < -0.3 is 20.1 Å². The number of fused-ring (bicyclic) bond motifs is 1. The van der Waals surface area contributed by atoms with Crippen molar-refractivity contribution in [3.8, 4) is 5.75 Å². The van der Waals surface area contributed by atoms with Gasteiger partial charge in [-0.2, -0.15) is 10.1 Å². The van der Waals surface area contributed by atoms with E-state index >= 15 is 0 Å². The zero-order valence-electron chi connectivity index (χ0n) is 19.1. The lowest BCUT2D eigenvalue weighted by Gasteiger charge is -2.13.